The number of carbonyl (C=O) groups is 4. The number of amides is 3. The molecule has 0 fully saturated rings. The van der Waals surface area contributed by atoms with E-state index >= 15 is 0 Å². The minimum absolute atomic E-state index is 0.207. The third-order valence-electron chi connectivity index (χ3n) is 2.51. The average molecular weight is 292 g/mol. The van der Waals surface area contributed by atoms with Crippen LogP contribution in [-0.2, 0) is 9.53 Å². The zero-order valence-electron chi connectivity index (χ0n) is 11.7. The number of hydrogen-bond donors (Lipinski definition) is 2. The first-order valence-corrected chi connectivity index (χ1v) is 6.32. The van der Waals surface area contributed by atoms with Gasteiger partial charge in [-0.05, 0) is 26.0 Å². The summed E-state index contributed by atoms with van der Waals surface area (Å²) >= 11 is 0. The van der Waals surface area contributed by atoms with Crippen molar-refractivity contribution in [1.29, 1.82) is 0 Å². The van der Waals surface area contributed by atoms with Crippen LogP contribution in [0.1, 0.15) is 34.6 Å². The topological polar surface area (TPSA) is 102 Å². The summed E-state index contributed by atoms with van der Waals surface area (Å²) in [7, 11) is 0. The maximum absolute atomic E-state index is 11.8. The lowest BCUT2D eigenvalue weighted by atomic mass is 10.1. The second-order valence-corrected chi connectivity index (χ2v) is 4.14. The van der Waals surface area contributed by atoms with Crippen LogP contribution in [0.25, 0.3) is 0 Å². The Morgan fingerprint density at radius 1 is 1.24 bits per heavy atom. The number of hydrogen-bond acceptors (Lipinski definition) is 5. The summed E-state index contributed by atoms with van der Waals surface area (Å²) < 4.78 is 4.93. The number of nitrogens with one attached hydrogen (secondary N) is 2. The smallest absolute Gasteiger partial charge is 0.338 e. The van der Waals surface area contributed by atoms with Gasteiger partial charge in [0.15, 0.2) is 6.10 Å². The largest absolute Gasteiger partial charge is 0.449 e. The van der Waals surface area contributed by atoms with E-state index in [1.807, 2.05) is 5.32 Å². The van der Waals surface area contributed by atoms with Crippen LogP contribution in [-0.4, -0.2) is 36.8 Å². The van der Waals surface area contributed by atoms with Gasteiger partial charge in [-0.2, -0.15) is 0 Å². The van der Waals surface area contributed by atoms with Gasteiger partial charge in [-0.25, -0.2) is 9.59 Å². The zero-order chi connectivity index (χ0) is 15.8. The molecule has 0 saturated carbocycles. The molecule has 0 heterocycles. The van der Waals surface area contributed by atoms with E-state index in [-0.39, 0.29) is 5.56 Å². The maximum Gasteiger partial charge on any atom is 0.338 e. The van der Waals surface area contributed by atoms with E-state index in [0.717, 1.165) is 0 Å². The van der Waals surface area contributed by atoms with E-state index in [1.54, 1.807) is 6.92 Å². The zero-order valence-corrected chi connectivity index (χ0v) is 11.7. The molecular weight excluding hydrogens is 276 g/mol. The van der Waals surface area contributed by atoms with Crippen LogP contribution < -0.4 is 10.6 Å². The first-order valence-electron chi connectivity index (χ1n) is 6.32. The van der Waals surface area contributed by atoms with Gasteiger partial charge in [0.05, 0.1) is 5.56 Å². The van der Waals surface area contributed by atoms with E-state index in [9.17, 15) is 19.2 Å². The molecule has 0 radical (unpaired) electrons. The van der Waals surface area contributed by atoms with Crippen LogP contribution in [0.2, 0.25) is 0 Å². The van der Waals surface area contributed by atoms with Crippen LogP contribution in [0.3, 0.4) is 0 Å². The van der Waals surface area contributed by atoms with Gasteiger partial charge >= 0.3 is 12.0 Å². The molecule has 21 heavy (non-hydrogen) atoms. The van der Waals surface area contributed by atoms with E-state index < -0.39 is 24.0 Å². The molecule has 2 N–H and O–H groups in total. The van der Waals surface area contributed by atoms with E-state index in [0.29, 0.717) is 18.4 Å². The Kier molecular flexibility index (Phi) is 6.06. The van der Waals surface area contributed by atoms with Crippen LogP contribution in [0, 0.1) is 0 Å². The lowest BCUT2D eigenvalue weighted by Crippen LogP contribution is -2.44. The SMILES string of the molecule is CCNC(=O)NC(=O)C(C)OC(=O)c1ccc(C=O)cc1. The summed E-state index contributed by atoms with van der Waals surface area (Å²) in [5.74, 6) is -1.44. The quantitative estimate of drug-likeness (QED) is 0.620. The molecule has 0 aliphatic heterocycles. The van der Waals surface area contributed by atoms with Crippen molar-refractivity contribution in [3.05, 3.63) is 35.4 Å². The monoisotopic (exact) mass is 292 g/mol. The van der Waals surface area contributed by atoms with Gasteiger partial charge in [-0.3, -0.25) is 14.9 Å². The van der Waals surface area contributed by atoms with E-state index in [1.165, 1.54) is 31.2 Å². The van der Waals surface area contributed by atoms with Crippen molar-refractivity contribution < 1.29 is 23.9 Å². The Balaban J connectivity index is 2.58. The summed E-state index contributed by atoms with van der Waals surface area (Å²) in [6.45, 7) is 3.43. The Morgan fingerprint density at radius 3 is 2.38 bits per heavy atom. The summed E-state index contributed by atoms with van der Waals surface area (Å²) in [5.41, 5.74) is 0.631. The predicted molar refractivity (Wildman–Crippen MR) is 73.9 cm³/mol. The van der Waals surface area contributed by atoms with Crippen molar-refractivity contribution in [2.75, 3.05) is 6.54 Å². The number of carbonyl (C=O) groups excluding carboxylic acids is 4. The van der Waals surface area contributed by atoms with Crippen molar-refractivity contribution >= 4 is 24.2 Å². The van der Waals surface area contributed by atoms with Crippen molar-refractivity contribution in [3.63, 3.8) is 0 Å². The van der Waals surface area contributed by atoms with Gasteiger partial charge in [0.2, 0.25) is 0 Å². The number of aldehydes is 1. The number of benzene rings is 1. The number of ether oxygens (including phenoxy) is 1. The Labute approximate surface area is 121 Å². The summed E-state index contributed by atoms with van der Waals surface area (Å²) in [6, 6.07) is 5.10. The highest BCUT2D eigenvalue weighted by Crippen LogP contribution is 2.06. The normalized spacial score (nSPS) is 11.1. The predicted octanol–water partition coefficient (Wildman–Crippen LogP) is 0.890. The van der Waals surface area contributed by atoms with Crippen molar-refractivity contribution in [3.8, 4) is 0 Å². The number of rotatable bonds is 5. The molecule has 1 rings (SSSR count). The highest BCUT2D eigenvalue weighted by Gasteiger charge is 2.20. The van der Waals surface area contributed by atoms with E-state index in [4.69, 9.17) is 4.74 Å². The molecule has 1 aromatic rings. The molecule has 0 bridgehead atoms. The molecule has 1 unspecified atom stereocenters. The fourth-order valence-corrected chi connectivity index (χ4v) is 1.40. The molecule has 0 aromatic heterocycles. The molecule has 7 nitrogen and oxygen atoms in total. The number of esters is 1. The maximum atomic E-state index is 11.8. The van der Waals surface area contributed by atoms with Crippen LogP contribution in [0.5, 0.6) is 0 Å². The second-order valence-electron chi connectivity index (χ2n) is 4.14. The summed E-state index contributed by atoms with van der Waals surface area (Å²) in [6.07, 6.45) is -0.469. The Morgan fingerprint density at radius 2 is 1.86 bits per heavy atom. The summed E-state index contributed by atoms with van der Waals surface area (Å²) in [5, 5.41) is 4.43. The van der Waals surface area contributed by atoms with Gasteiger partial charge in [-0.1, -0.05) is 12.1 Å². The highest BCUT2D eigenvalue weighted by atomic mass is 16.5. The van der Waals surface area contributed by atoms with Gasteiger partial charge in [0, 0.05) is 12.1 Å². The Bertz CT molecular complexity index is 539. The van der Waals surface area contributed by atoms with Crippen LogP contribution in [0.4, 0.5) is 4.79 Å². The van der Waals surface area contributed by atoms with Gasteiger partial charge < -0.3 is 10.1 Å². The molecule has 0 spiro atoms. The molecular formula is C14H16N2O5. The van der Waals surface area contributed by atoms with Crippen molar-refractivity contribution in [2.45, 2.75) is 20.0 Å². The minimum Gasteiger partial charge on any atom is -0.449 e. The van der Waals surface area contributed by atoms with Gasteiger partial charge in [-0.15, -0.1) is 0 Å². The molecule has 112 valence electrons. The van der Waals surface area contributed by atoms with Crippen LogP contribution in [0.15, 0.2) is 24.3 Å². The van der Waals surface area contributed by atoms with Crippen LogP contribution >= 0.6 is 0 Å². The number of urea groups is 1. The van der Waals surface area contributed by atoms with Gasteiger partial charge in [0.1, 0.15) is 6.29 Å². The molecule has 0 aliphatic carbocycles. The second kappa shape index (κ2) is 7.78. The molecule has 1 aromatic carbocycles. The molecule has 3 amide bonds. The lowest BCUT2D eigenvalue weighted by Gasteiger charge is -2.13. The number of imide groups is 1. The molecule has 1 atom stereocenters. The summed E-state index contributed by atoms with van der Waals surface area (Å²) in [4.78, 5) is 45.1. The van der Waals surface area contributed by atoms with Crippen molar-refractivity contribution in [2.24, 2.45) is 0 Å². The minimum atomic E-state index is -1.12. The average Bonchev–Trinajstić information content (AvgIpc) is 2.47. The van der Waals surface area contributed by atoms with Gasteiger partial charge in [0.25, 0.3) is 5.91 Å². The molecule has 0 saturated heterocycles. The fourth-order valence-electron chi connectivity index (χ4n) is 1.40. The third-order valence-corrected chi connectivity index (χ3v) is 2.51. The Hall–Kier alpha value is -2.70. The fraction of sp³-hybridized carbons (Fsp3) is 0.286. The first-order chi connectivity index (χ1) is 9.97. The standard InChI is InChI=1S/C14H16N2O5/c1-3-15-14(20)16-12(18)9(2)21-13(19)11-6-4-10(8-17)5-7-11/h4-9H,3H2,1-2H3,(H2,15,16,18,20). The molecule has 7 heteroatoms. The highest BCUT2D eigenvalue weighted by molar-refractivity contribution is 5.98. The third kappa shape index (κ3) is 5.06. The van der Waals surface area contributed by atoms with E-state index in [2.05, 4.69) is 5.32 Å². The lowest BCUT2D eigenvalue weighted by molar-refractivity contribution is -0.127. The molecule has 0 aliphatic rings. The van der Waals surface area contributed by atoms with Crippen molar-refractivity contribution in [1.82, 2.24) is 10.6 Å². The first kappa shape index (κ1) is 16.4.